The maximum atomic E-state index is 13.5. The molecule has 2 aliphatic heterocycles. The molecule has 9 heteroatoms. The SMILES string of the molecule is Cc1c(C)c2c(c(C)c1OC(=O)CCCCCCN(CCCCCCC(=O)Oc1c(C)c(C)c3c(c1C)CCC(C)(CCCC(C)CCCC(C)CCCC(C)C)O3)C(=O)CCCN(C)C)CCC(C)(CCCC(C)CCCC(C)CCCC(C)C)O2. The van der Waals surface area contributed by atoms with Gasteiger partial charge in [0, 0.05) is 43.5 Å². The van der Waals surface area contributed by atoms with Gasteiger partial charge in [-0.05, 0) is 228 Å². The maximum absolute atomic E-state index is 13.5. The van der Waals surface area contributed by atoms with E-state index in [9.17, 15) is 14.4 Å². The highest BCUT2D eigenvalue weighted by atomic mass is 16.5. The van der Waals surface area contributed by atoms with Gasteiger partial charge in [0.25, 0.3) is 0 Å². The number of benzene rings is 2. The maximum Gasteiger partial charge on any atom is 0.311 e. The van der Waals surface area contributed by atoms with Gasteiger partial charge in [0.2, 0.25) is 5.91 Å². The van der Waals surface area contributed by atoms with Crippen molar-refractivity contribution in [1.82, 2.24) is 9.80 Å². The van der Waals surface area contributed by atoms with Crippen LogP contribution >= 0.6 is 0 Å². The third-order valence-electron chi connectivity index (χ3n) is 20.6. The Morgan fingerprint density at radius 2 is 0.759 bits per heavy atom. The molecule has 2 aromatic rings. The monoisotopic (exact) mass is 1210 g/mol. The average Bonchev–Trinajstić information content (AvgIpc) is 1.11. The van der Waals surface area contributed by atoms with Crippen LogP contribution in [0.4, 0.5) is 0 Å². The highest BCUT2D eigenvalue weighted by Crippen LogP contribution is 2.47. The van der Waals surface area contributed by atoms with Gasteiger partial charge in [-0.25, -0.2) is 0 Å². The summed E-state index contributed by atoms with van der Waals surface area (Å²) < 4.78 is 26.2. The summed E-state index contributed by atoms with van der Waals surface area (Å²) in [6.07, 6.45) is 36.3. The molecule has 6 atom stereocenters. The number of hydrogen-bond acceptors (Lipinski definition) is 8. The van der Waals surface area contributed by atoms with Crippen molar-refractivity contribution in [3.8, 4) is 23.0 Å². The van der Waals surface area contributed by atoms with E-state index in [-0.39, 0.29) is 29.0 Å². The molecule has 2 heterocycles. The molecule has 6 unspecified atom stereocenters. The summed E-state index contributed by atoms with van der Waals surface area (Å²) in [5.74, 6) is 8.10. The second-order valence-corrected chi connectivity index (χ2v) is 30.4. The number of nitrogens with zero attached hydrogens (tertiary/aromatic N) is 2. The first kappa shape index (κ1) is 75.9. The summed E-state index contributed by atoms with van der Waals surface area (Å²) in [5.41, 5.74) is 8.28. The van der Waals surface area contributed by atoms with Crippen molar-refractivity contribution in [3.63, 3.8) is 0 Å². The Morgan fingerprint density at radius 3 is 1.11 bits per heavy atom. The first-order chi connectivity index (χ1) is 41.2. The molecule has 498 valence electrons. The number of unbranched alkanes of at least 4 members (excludes halogenated alkanes) is 6. The predicted octanol–water partition coefficient (Wildman–Crippen LogP) is 21.2. The number of carbonyl (C=O) groups is 3. The number of esters is 2. The molecule has 0 aliphatic carbocycles. The molecule has 0 saturated heterocycles. The third kappa shape index (κ3) is 27.0. The molecular formula is C78H134N2O7. The molecule has 0 saturated carbocycles. The van der Waals surface area contributed by atoms with Crippen LogP contribution in [0.1, 0.15) is 319 Å². The van der Waals surface area contributed by atoms with E-state index >= 15 is 0 Å². The van der Waals surface area contributed by atoms with Gasteiger partial charge in [0.1, 0.15) is 34.2 Å². The van der Waals surface area contributed by atoms with E-state index in [4.69, 9.17) is 18.9 Å². The van der Waals surface area contributed by atoms with Crippen molar-refractivity contribution in [2.45, 2.75) is 340 Å². The summed E-state index contributed by atoms with van der Waals surface area (Å²) in [7, 11) is 4.10. The van der Waals surface area contributed by atoms with Crippen LogP contribution < -0.4 is 18.9 Å². The van der Waals surface area contributed by atoms with E-state index < -0.39 is 0 Å². The molecule has 4 rings (SSSR count). The van der Waals surface area contributed by atoms with Crippen LogP contribution in [0.15, 0.2) is 0 Å². The van der Waals surface area contributed by atoms with Crippen LogP contribution in [0.2, 0.25) is 0 Å². The van der Waals surface area contributed by atoms with E-state index in [1.807, 2.05) is 0 Å². The van der Waals surface area contributed by atoms with Crippen molar-refractivity contribution in [1.29, 1.82) is 0 Å². The quantitative estimate of drug-likeness (QED) is 0.0368. The number of fused-ring (bicyclic) bond motifs is 2. The largest absolute Gasteiger partial charge is 0.487 e. The molecule has 9 nitrogen and oxygen atoms in total. The third-order valence-corrected chi connectivity index (χ3v) is 20.6. The zero-order chi connectivity index (χ0) is 64.3. The van der Waals surface area contributed by atoms with Crippen LogP contribution in [-0.4, -0.2) is 72.6 Å². The van der Waals surface area contributed by atoms with E-state index in [0.717, 1.165) is 196 Å². The Hall–Kier alpha value is -3.59. The Kier molecular flexibility index (Phi) is 34.0. The molecule has 0 fully saturated rings. The molecule has 2 aromatic carbocycles. The van der Waals surface area contributed by atoms with Gasteiger partial charge in [-0.15, -0.1) is 0 Å². The van der Waals surface area contributed by atoms with Crippen LogP contribution in [-0.2, 0) is 27.2 Å². The second-order valence-electron chi connectivity index (χ2n) is 30.4. The van der Waals surface area contributed by atoms with Crippen LogP contribution in [0.25, 0.3) is 0 Å². The molecule has 0 N–H and O–H groups in total. The highest BCUT2D eigenvalue weighted by molar-refractivity contribution is 5.76. The molecule has 0 spiro atoms. The minimum atomic E-state index is -0.178. The average molecular weight is 1210 g/mol. The Balaban J connectivity index is 1.15. The topological polar surface area (TPSA) is 94.6 Å². The fourth-order valence-electron chi connectivity index (χ4n) is 14.1. The van der Waals surface area contributed by atoms with Gasteiger partial charge < -0.3 is 28.7 Å². The number of hydrogen-bond donors (Lipinski definition) is 0. The molecular weight excluding hydrogens is 1080 g/mol. The first-order valence-electron chi connectivity index (χ1n) is 36.2. The smallest absolute Gasteiger partial charge is 0.311 e. The van der Waals surface area contributed by atoms with Crippen molar-refractivity contribution in [2.24, 2.45) is 35.5 Å². The molecule has 1 amide bonds. The molecule has 2 aliphatic rings. The lowest BCUT2D eigenvalue weighted by molar-refractivity contribution is -0.135. The van der Waals surface area contributed by atoms with Gasteiger partial charge in [-0.2, -0.15) is 0 Å². The minimum Gasteiger partial charge on any atom is -0.487 e. The Morgan fingerprint density at radius 1 is 0.414 bits per heavy atom. The molecule has 87 heavy (non-hydrogen) atoms. The summed E-state index contributed by atoms with van der Waals surface area (Å²) in [6, 6.07) is 0. The van der Waals surface area contributed by atoms with E-state index in [1.165, 1.54) is 114 Å². The second kappa shape index (κ2) is 39.0. The van der Waals surface area contributed by atoms with Crippen molar-refractivity contribution < 1.29 is 33.3 Å². The van der Waals surface area contributed by atoms with E-state index in [0.29, 0.717) is 30.8 Å². The standard InChI is InChI=1S/C78H134N2O7/c1-56(2)34-27-36-58(5)38-29-40-60(7)42-31-49-77(15)51-47-68-66(13)73(62(9)64(11)75(68)86-77)84-71(82)45-23-19-21-25-54-80(70(81)44-33-53-79(17)18)55-26-22-20-24-46-72(83)85-74-63(10)65(12)76-69(67(74)14)48-52-78(16,87-76)50-32-43-61(8)41-30-39-59(6)37-28-35-57(3)4/h56-61H,19-55H2,1-18H3. The van der Waals surface area contributed by atoms with Gasteiger partial charge >= 0.3 is 11.9 Å². The summed E-state index contributed by atoms with van der Waals surface area (Å²) in [4.78, 5) is 44.5. The number of carbonyl (C=O) groups excluding carboxylic acids is 3. The lowest BCUT2D eigenvalue weighted by atomic mass is 9.83. The van der Waals surface area contributed by atoms with Gasteiger partial charge in [-0.1, -0.05) is 171 Å². The fraction of sp³-hybridized carbons (Fsp3) is 0.808. The van der Waals surface area contributed by atoms with Crippen molar-refractivity contribution >= 4 is 17.8 Å². The van der Waals surface area contributed by atoms with Crippen molar-refractivity contribution in [2.75, 3.05) is 33.7 Å². The van der Waals surface area contributed by atoms with E-state index in [1.54, 1.807) is 0 Å². The number of amides is 1. The summed E-state index contributed by atoms with van der Waals surface area (Å²) >= 11 is 0. The number of ether oxygens (including phenoxy) is 4. The van der Waals surface area contributed by atoms with Gasteiger partial charge in [0.05, 0.1) is 0 Å². The zero-order valence-electron chi connectivity index (χ0n) is 59.9. The van der Waals surface area contributed by atoms with Crippen LogP contribution in [0, 0.1) is 77.0 Å². The number of rotatable bonds is 44. The molecule has 0 bridgehead atoms. The predicted molar refractivity (Wildman–Crippen MR) is 367 cm³/mol. The van der Waals surface area contributed by atoms with E-state index in [2.05, 4.69) is 135 Å². The van der Waals surface area contributed by atoms with Gasteiger partial charge in [-0.3, -0.25) is 14.4 Å². The lowest BCUT2D eigenvalue weighted by Gasteiger charge is -2.38. The highest BCUT2D eigenvalue weighted by Gasteiger charge is 2.37. The summed E-state index contributed by atoms with van der Waals surface area (Å²) in [5, 5.41) is 0. The fourth-order valence-corrected chi connectivity index (χ4v) is 14.1. The van der Waals surface area contributed by atoms with Gasteiger partial charge in [0.15, 0.2) is 0 Å². The Bertz CT molecular complexity index is 2220. The molecule has 0 aromatic heterocycles. The summed E-state index contributed by atoms with van der Waals surface area (Å²) in [6.45, 7) is 38.6. The molecule has 0 radical (unpaired) electrons. The zero-order valence-corrected chi connectivity index (χ0v) is 59.9. The first-order valence-corrected chi connectivity index (χ1v) is 36.2. The van der Waals surface area contributed by atoms with Crippen LogP contribution in [0.5, 0.6) is 23.0 Å². The van der Waals surface area contributed by atoms with Crippen molar-refractivity contribution in [3.05, 3.63) is 44.5 Å². The minimum absolute atomic E-state index is 0.177. The van der Waals surface area contributed by atoms with Crippen LogP contribution in [0.3, 0.4) is 0 Å². The Labute approximate surface area is 535 Å². The normalized spacial score (nSPS) is 18.0. The lowest BCUT2D eigenvalue weighted by Crippen LogP contribution is -2.37.